The predicted octanol–water partition coefficient (Wildman–Crippen LogP) is 3.10. The van der Waals surface area contributed by atoms with Crippen molar-refractivity contribution >= 4 is 17.6 Å². The van der Waals surface area contributed by atoms with Crippen molar-refractivity contribution < 1.29 is 4.84 Å². The molecule has 0 bridgehead atoms. The molecule has 0 saturated carbocycles. The molecule has 1 aromatic heterocycles. The maximum absolute atomic E-state index is 5.55. The molecule has 0 aliphatic carbocycles. The molecular formula is C14H14N2OS. The molecule has 0 fully saturated rings. The summed E-state index contributed by atoms with van der Waals surface area (Å²) >= 11 is 1.75. The quantitative estimate of drug-likeness (QED) is 0.855. The highest BCUT2D eigenvalue weighted by Crippen LogP contribution is 2.26. The fourth-order valence-electron chi connectivity index (χ4n) is 1.96. The van der Waals surface area contributed by atoms with Gasteiger partial charge in [0.05, 0.1) is 19.2 Å². The highest BCUT2D eigenvalue weighted by atomic mass is 32.1. The normalized spacial score (nSPS) is 17.7. The van der Waals surface area contributed by atoms with Gasteiger partial charge in [-0.25, -0.2) is 0 Å². The molecule has 3 rings (SSSR count). The van der Waals surface area contributed by atoms with Gasteiger partial charge in [-0.15, -0.1) is 11.3 Å². The second-order valence-corrected chi connectivity index (χ2v) is 5.16. The third-order valence-corrected chi connectivity index (χ3v) is 3.82. The van der Waals surface area contributed by atoms with Gasteiger partial charge >= 0.3 is 0 Å². The average molecular weight is 258 g/mol. The van der Waals surface area contributed by atoms with E-state index in [1.807, 2.05) is 36.5 Å². The van der Waals surface area contributed by atoms with Gasteiger partial charge in [0.2, 0.25) is 0 Å². The van der Waals surface area contributed by atoms with Crippen LogP contribution in [-0.4, -0.2) is 6.21 Å². The standard InChI is InChI=1S/C14H14N2OS/c1-2-4-11(5-3-1)10-17-16-13-8-15-9-14-12(13)6-7-18-14/h1-8,13,16H,9-10H2. The van der Waals surface area contributed by atoms with Crippen molar-refractivity contribution in [3.05, 3.63) is 57.8 Å². The molecule has 1 atom stereocenters. The van der Waals surface area contributed by atoms with Crippen LogP contribution in [0, 0.1) is 0 Å². The lowest BCUT2D eigenvalue weighted by atomic mass is 10.1. The smallest absolute Gasteiger partial charge is 0.0933 e. The first-order valence-corrected chi connectivity index (χ1v) is 6.79. The van der Waals surface area contributed by atoms with Crippen LogP contribution in [-0.2, 0) is 18.0 Å². The van der Waals surface area contributed by atoms with E-state index >= 15 is 0 Å². The first-order valence-electron chi connectivity index (χ1n) is 5.91. The SMILES string of the molecule is C1=NCc2sccc2C1NOCc1ccccc1. The Bertz CT molecular complexity index is 536. The van der Waals surface area contributed by atoms with Gasteiger partial charge in [0.15, 0.2) is 0 Å². The van der Waals surface area contributed by atoms with Crippen molar-refractivity contribution in [2.24, 2.45) is 4.99 Å². The van der Waals surface area contributed by atoms with Gasteiger partial charge in [-0.2, -0.15) is 5.48 Å². The number of hydroxylamine groups is 1. The van der Waals surface area contributed by atoms with Gasteiger partial charge in [0.1, 0.15) is 0 Å². The number of nitrogens with zero attached hydrogens (tertiary/aromatic N) is 1. The van der Waals surface area contributed by atoms with E-state index in [9.17, 15) is 0 Å². The summed E-state index contributed by atoms with van der Waals surface area (Å²) in [6, 6.07) is 12.3. The highest BCUT2D eigenvalue weighted by molar-refractivity contribution is 7.10. The van der Waals surface area contributed by atoms with Crippen LogP contribution in [0.15, 0.2) is 46.8 Å². The molecule has 1 aliphatic heterocycles. The summed E-state index contributed by atoms with van der Waals surface area (Å²) in [7, 11) is 0. The van der Waals surface area contributed by atoms with E-state index in [-0.39, 0.29) is 6.04 Å². The first kappa shape index (κ1) is 11.6. The van der Waals surface area contributed by atoms with E-state index < -0.39 is 0 Å². The van der Waals surface area contributed by atoms with E-state index in [1.165, 1.54) is 10.4 Å². The molecule has 92 valence electrons. The van der Waals surface area contributed by atoms with Crippen LogP contribution >= 0.6 is 11.3 Å². The van der Waals surface area contributed by atoms with Gasteiger partial charge in [-0.3, -0.25) is 9.83 Å². The van der Waals surface area contributed by atoms with Crippen molar-refractivity contribution in [2.45, 2.75) is 19.2 Å². The Morgan fingerprint density at radius 3 is 3.06 bits per heavy atom. The van der Waals surface area contributed by atoms with Gasteiger partial charge < -0.3 is 0 Å². The molecule has 1 unspecified atom stereocenters. The number of thiophene rings is 1. The molecule has 1 aromatic carbocycles. The van der Waals surface area contributed by atoms with Gasteiger partial charge in [0.25, 0.3) is 0 Å². The largest absolute Gasteiger partial charge is 0.296 e. The molecule has 0 saturated heterocycles. The van der Waals surface area contributed by atoms with Crippen molar-refractivity contribution in [3.8, 4) is 0 Å². The number of aliphatic imine (C=N–C) groups is 1. The minimum Gasteiger partial charge on any atom is -0.296 e. The third-order valence-electron chi connectivity index (χ3n) is 2.90. The van der Waals surface area contributed by atoms with Crippen molar-refractivity contribution in [3.63, 3.8) is 0 Å². The third kappa shape index (κ3) is 2.51. The zero-order valence-corrected chi connectivity index (χ0v) is 10.7. The summed E-state index contributed by atoms with van der Waals surface area (Å²) in [5, 5.41) is 2.10. The zero-order valence-electron chi connectivity index (χ0n) is 9.87. The number of hydrogen-bond acceptors (Lipinski definition) is 4. The van der Waals surface area contributed by atoms with E-state index in [1.54, 1.807) is 11.3 Å². The molecule has 0 radical (unpaired) electrons. The Morgan fingerprint density at radius 1 is 1.28 bits per heavy atom. The molecule has 1 aliphatic rings. The number of nitrogens with one attached hydrogen (secondary N) is 1. The Morgan fingerprint density at radius 2 is 2.17 bits per heavy atom. The number of fused-ring (bicyclic) bond motifs is 1. The number of benzene rings is 1. The molecule has 2 aromatic rings. The number of rotatable bonds is 4. The van der Waals surface area contributed by atoms with E-state index in [4.69, 9.17) is 4.84 Å². The van der Waals surface area contributed by atoms with Crippen LogP contribution in [0.4, 0.5) is 0 Å². The minimum atomic E-state index is 0.0729. The summed E-state index contributed by atoms with van der Waals surface area (Å²) in [6.45, 7) is 1.36. The maximum atomic E-state index is 5.55. The second-order valence-electron chi connectivity index (χ2n) is 4.16. The Hall–Kier alpha value is -1.49. The minimum absolute atomic E-state index is 0.0729. The lowest BCUT2D eigenvalue weighted by Gasteiger charge is -2.18. The van der Waals surface area contributed by atoms with Crippen molar-refractivity contribution in [1.82, 2.24) is 5.48 Å². The van der Waals surface area contributed by atoms with Crippen molar-refractivity contribution in [1.29, 1.82) is 0 Å². The lowest BCUT2D eigenvalue weighted by Crippen LogP contribution is -2.24. The Kier molecular flexibility index (Phi) is 3.50. The molecule has 2 heterocycles. The van der Waals surface area contributed by atoms with Crippen molar-refractivity contribution in [2.75, 3.05) is 0 Å². The average Bonchev–Trinajstić information content (AvgIpc) is 2.89. The zero-order chi connectivity index (χ0) is 12.2. The van der Waals surface area contributed by atoms with Gasteiger partial charge in [-0.1, -0.05) is 30.3 Å². The van der Waals surface area contributed by atoms with Crippen LogP contribution < -0.4 is 5.48 Å². The molecule has 18 heavy (non-hydrogen) atoms. The Labute approximate surface area is 110 Å². The van der Waals surface area contributed by atoms with E-state index in [2.05, 4.69) is 21.9 Å². The maximum Gasteiger partial charge on any atom is 0.0933 e. The van der Waals surface area contributed by atoms with Crippen LogP contribution in [0.5, 0.6) is 0 Å². The summed E-state index contributed by atoms with van der Waals surface area (Å²) in [5.74, 6) is 0. The van der Waals surface area contributed by atoms with Gasteiger partial charge in [-0.05, 0) is 22.6 Å². The Balaban J connectivity index is 1.58. The number of hydrogen-bond donors (Lipinski definition) is 1. The van der Waals surface area contributed by atoms with Gasteiger partial charge in [0, 0.05) is 11.1 Å². The predicted molar refractivity (Wildman–Crippen MR) is 73.6 cm³/mol. The van der Waals surface area contributed by atoms with Crippen LogP contribution in [0.25, 0.3) is 0 Å². The van der Waals surface area contributed by atoms with E-state index in [0.29, 0.717) is 6.61 Å². The first-order chi connectivity index (χ1) is 8.93. The molecule has 0 spiro atoms. The van der Waals surface area contributed by atoms with Crippen LogP contribution in [0.1, 0.15) is 22.0 Å². The molecule has 1 N–H and O–H groups in total. The molecule has 0 amide bonds. The topological polar surface area (TPSA) is 33.6 Å². The summed E-state index contributed by atoms with van der Waals surface area (Å²) in [6.07, 6.45) is 1.92. The van der Waals surface area contributed by atoms with Crippen LogP contribution in [0.3, 0.4) is 0 Å². The lowest BCUT2D eigenvalue weighted by molar-refractivity contribution is 0.0175. The summed E-state index contributed by atoms with van der Waals surface area (Å²) in [5.41, 5.74) is 5.51. The molecular weight excluding hydrogens is 244 g/mol. The fourth-order valence-corrected chi connectivity index (χ4v) is 2.82. The second kappa shape index (κ2) is 5.44. The van der Waals surface area contributed by atoms with E-state index in [0.717, 1.165) is 12.1 Å². The van der Waals surface area contributed by atoms with Crippen LogP contribution in [0.2, 0.25) is 0 Å². The summed E-state index contributed by atoms with van der Waals surface area (Å²) < 4.78 is 0. The fraction of sp³-hybridized carbons (Fsp3) is 0.214. The molecule has 4 heteroatoms. The highest BCUT2D eigenvalue weighted by Gasteiger charge is 2.17. The molecule has 3 nitrogen and oxygen atoms in total. The monoisotopic (exact) mass is 258 g/mol. The summed E-state index contributed by atoms with van der Waals surface area (Å²) in [4.78, 5) is 11.2.